The molecule has 11 heteroatoms. The van der Waals surface area contributed by atoms with Gasteiger partial charge in [0, 0.05) is 13.0 Å². The van der Waals surface area contributed by atoms with Gasteiger partial charge in [-0.15, -0.1) is 0 Å². The van der Waals surface area contributed by atoms with Crippen molar-refractivity contribution < 1.29 is 42.7 Å². The molecule has 0 fully saturated rings. The number of carboxylic acids is 1. The number of phosphoric acid groups is 1. The second-order valence-electron chi connectivity index (χ2n) is 14.8. The molecule has 0 saturated heterocycles. The smallest absolute Gasteiger partial charge is 0.472 e. The largest absolute Gasteiger partial charge is 0.480 e. The third-order valence-electron chi connectivity index (χ3n) is 9.46. The first-order chi connectivity index (χ1) is 26.2. The minimum Gasteiger partial charge on any atom is -0.480 e. The molecule has 0 bridgehead atoms. The van der Waals surface area contributed by atoms with Gasteiger partial charge in [-0.3, -0.25) is 18.6 Å². The van der Waals surface area contributed by atoms with Crippen LogP contribution in [0.1, 0.15) is 200 Å². The number of carboxylic acid groups (broad SMARTS) is 1. The lowest BCUT2D eigenvalue weighted by Crippen LogP contribution is -2.34. The molecule has 0 heterocycles. The highest BCUT2D eigenvalue weighted by Gasteiger charge is 2.27. The zero-order valence-corrected chi connectivity index (χ0v) is 35.5. The second-order valence-corrected chi connectivity index (χ2v) is 16.3. The third kappa shape index (κ3) is 38.7. The molecule has 0 saturated carbocycles. The van der Waals surface area contributed by atoms with Gasteiger partial charge < -0.3 is 25.2 Å². The van der Waals surface area contributed by atoms with Crippen molar-refractivity contribution in [3.05, 3.63) is 24.3 Å². The summed E-state index contributed by atoms with van der Waals surface area (Å²) in [6, 6.07) is -1.47. The van der Waals surface area contributed by atoms with Crippen LogP contribution in [0.3, 0.4) is 0 Å². The van der Waals surface area contributed by atoms with Crippen LogP contribution in [0.5, 0.6) is 0 Å². The monoisotopic (exact) mass is 788 g/mol. The minimum absolute atomic E-state index is 0.0152. The van der Waals surface area contributed by atoms with E-state index < -0.39 is 45.1 Å². The first kappa shape index (κ1) is 52.5. The summed E-state index contributed by atoms with van der Waals surface area (Å²) in [5.41, 5.74) is 5.35. The molecule has 318 valence electrons. The number of allylic oxidation sites excluding steroid dienone is 4. The highest BCUT2D eigenvalue weighted by Crippen LogP contribution is 2.43. The molecule has 3 unspecified atom stereocenters. The number of phosphoric ester groups is 1. The van der Waals surface area contributed by atoms with Crippen molar-refractivity contribution in [2.45, 2.75) is 212 Å². The normalized spacial score (nSPS) is 14.1. The summed E-state index contributed by atoms with van der Waals surface area (Å²) in [6.07, 6.45) is 42.3. The molecular weight excluding hydrogens is 705 g/mol. The average molecular weight is 788 g/mol. The number of esters is 1. The third-order valence-corrected chi connectivity index (χ3v) is 10.4. The maximum atomic E-state index is 12.6. The number of carbonyl (C=O) groups excluding carboxylic acids is 1. The van der Waals surface area contributed by atoms with E-state index in [1.165, 1.54) is 109 Å². The van der Waals surface area contributed by atoms with E-state index in [2.05, 4.69) is 38.2 Å². The Morgan fingerprint density at radius 1 is 0.593 bits per heavy atom. The van der Waals surface area contributed by atoms with Crippen LogP contribution >= 0.6 is 7.82 Å². The number of aliphatic carboxylic acids is 1. The van der Waals surface area contributed by atoms with Crippen molar-refractivity contribution in [1.29, 1.82) is 0 Å². The van der Waals surface area contributed by atoms with Crippen molar-refractivity contribution in [2.24, 2.45) is 5.73 Å². The van der Waals surface area contributed by atoms with Gasteiger partial charge in [-0.05, 0) is 38.5 Å². The van der Waals surface area contributed by atoms with E-state index in [4.69, 9.17) is 29.4 Å². The summed E-state index contributed by atoms with van der Waals surface area (Å²) in [5.74, 6) is -1.79. The van der Waals surface area contributed by atoms with Crippen LogP contribution in [0, 0.1) is 0 Å². The fraction of sp³-hybridized carbons (Fsp3) is 0.860. The lowest BCUT2D eigenvalue weighted by Gasteiger charge is -2.20. The Labute approximate surface area is 330 Å². The summed E-state index contributed by atoms with van der Waals surface area (Å²) in [7, 11) is -4.61. The van der Waals surface area contributed by atoms with Crippen LogP contribution in [-0.4, -0.2) is 60.5 Å². The molecule has 0 aliphatic rings. The van der Waals surface area contributed by atoms with Crippen LogP contribution in [0.25, 0.3) is 0 Å². The molecule has 0 aliphatic carbocycles. The molecule has 0 aromatic rings. The van der Waals surface area contributed by atoms with E-state index in [0.717, 1.165) is 64.2 Å². The SMILES string of the molecule is CCC/C=C\C/C=C\CCCCCCCC(=O)OC(COCCCCCCCCCCCCCCCCCCCCC)COP(=O)(O)OCC(N)C(=O)O. The topological polar surface area (TPSA) is 155 Å². The molecule has 0 amide bonds. The van der Waals surface area contributed by atoms with Gasteiger partial charge in [0.1, 0.15) is 12.1 Å². The predicted molar refractivity (Wildman–Crippen MR) is 222 cm³/mol. The molecule has 4 N–H and O–H groups in total. The Hall–Kier alpha value is -1.55. The standard InChI is InChI=1S/C43H82NO9P/c1-3-5-7-9-11-13-15-17-18-19-20-21-22-24-26-28-30-32-34-36-50-37-40(38-51-54(48,49)52-39-41(44)43(46)47)53-42(45)35-33-31-29-27-25-23-16-14-12-10-8-6-4-2/h8,10,14,16,40-41H,3-7,9,11-13,15,17-39,44H2,1-2H3,(H,46,47)(H,48,49)/b10-8-,16-14-. The zero-order chi connectivity index (χ0) is 39.8. The van der Waals surface area contributed by atoms with Crippen molar-refractivity contribution in [3.63, 3.8) is 0 Å². The van der Waals surface area contributed by atoms with E-state index in [9.17, 15) is 19.0 Å². The van der Waals surface area contributed by atoms with Gasteiger partial charge in [0.05, 0.1) is 19.8 Å². The maximum absolute atomic E-state index is 12.6. The van der Waals surface area contributed by atoms with E-state index in [1.54, 1.807) is 0 Å². The second kappa shape index (κ2) is 39.7. The van der Waals surface area contributed by atoms with Crippen molar-refractivity contribution in [1.82, 2.24) is 0 Å². The van der Waals surface area contributed by atoms with Gasteiger partial charge >= 0.3 is 19.8 Å². The maximum Gasteiger partial charge on any atom is 0.472 e. The highest BCUT2D eigenvalue weighted by atomic mass is 31.2. The number of rotatable bonds is 42. The number of hydrogen-bond donors (Lipinski definition) is 3. The Morgan fingerprint density at radius 2 is 1.06 bits per heavy atom. The Bertz CT molecular complexity index is 961. The first-order valence-electron chi connectivity index (χ1n) is 21.9. The molecule has 0 aromatic heterocycles. The molecule has 3 atom stereocenters. The zero-order valence-electron chi connectivity index (χ0n) is 34.6. The van der Waals surface area contributed by atoms with E-state index in [1.807, 2.05) is 0 Å². The molecule has 54 heavy (non-hydrogen) atoms. The van der Waals surface area contributed by atoms with Gasteiger partial charge in [0.15, 0.2) is 0 Å². The van der Waals surface area contributed by atoms with Crippen LogP contribution in [0.2, 0.25) is 0 Å². The summed E-state index contributed by atoms with van der Waals surface area (Å²) in [5, 5.41) is 8.89. The summed E-state index contributed by atoms with van der Waals surface area (Å²) in [4.78, 5) is 33.5. The Kier molecular flexibility index (Phi) is 38.5. The van der Waals surface area contributed by atoms with Gasteiger partial charge in [0.2, 0.25) is 0 Å². The number of nitrogens with two attached hydrogens (primary N) is 1. The highest BCUT2D eigenvalue weighted by molar-refractivity contribution is 7.47. The number of carbonyl (C=O) groups is 2. The molecule has 10 nitrogen and oxygen atoms in total. The van der Waals surface area contributed by atoms with Crippen molar-refractivity contribution in [2.75, 3.05) is 26.4 Å². The number of hydrogen-bond acceptors (Lipinski definition) is 8. The van der Waals surface area contributed by atoms with Crippen molar-refractivity contribution >= 4 is 19.8 Å². The van der Waals surface area contributed by atoms with Crippen LogP contribution < -0.4 is 5.73 Å². The first-order valence-corrected chi connectivity index (χ1v) is 23.4. The quantitative estimate of drug-likeness (QED) is 0.0236. The summed E-state index contributed by atoms with van der Waals surface area (Å²) < 4.78 is 33.3. The number of ether oxygens (including phenoxy) is 2. The molecule has 0 aliphatic heterocycles. The molecule has 0 radical (unpaired) electrons. The minimum atomic E-state index is -4.61. The lowest BCUT2D eigenvalue weighted by atomic mass is 10.0. The lowest BCUT2D eigenvalue weighted by molar-refractivity contribution is -0.154. The van der Waals surface area contributed by atoms with E-state index in [-0.39, 0.29) is 13.0 Å². The van der Waals surface area contributed by atoms with Gasteiger partial charge in [-0.2, -0.15) is 0 Å². The summed E-state index contributed by atoms with van der Waals surface area (Å²) in [6.45, 7) is 3.82. The molecular formula is C43H82NO9P. The molecule has 0 aromatic carbocycles. The average Bonchev–Trinajstić information content (AvgIpc) is 3.15. The Morgan fingerprint density at radius 3 is 1.57 bits per heavy atom. The fourth-order valence-corrected chi connectivity index (χ4v) is 6.83. The van der Waals surface area contributed by atoms with Crippen LogP contribution in [0.4, 0.5) is 0 Å². The number of unbranched alkanes of at least 4 members (excludes halogenated alkanes) is 24. The van der Waals surface area contributed by atoms with Gasteiger partial charge in [0.25, 0.3) is 0 Å². The van der Waals surface area contributed by atoms with E-state index in [0.29, 0.717) is 13.0 Å². The van der Waals surface area contributed by atoms with Gasteiger partial charge in [-0.1, -0.05) is 179 Å². The van der Waals surface area contributed by atoms with E-state index >= 15 is 0 Å². The predicted octanol–water partition coefficient (Wildman–Crippen LogP) is 11.9. The summed E-state index contributed by atoms with van der Waals surface area (Å²) >= 11 is 0. The molecule has 0 spiro atoms. The van der Waals surface area contributed by atoms with Crippen molar-refractivity contribution in [3.8, 4) is 0 Å². The van der Waals surface area contributed by atoms with Crippen LogP contribution in [-0.2, 0) is 32.7 Å². The fourth-order valence-electron chi connectivity index (χ4n) is 6.05. The Balaban J connectivity index is 4.18. The molecule has 0 rings (SSSR count). The van der Waals surface area contributed by atoms with Gasteiger partial charge in [-0.25, -0.2) is 4.57 Å². The van der Waals surface area contributed by atoms with Crippen LogP contribution in [0.15, 0.2) is 24.3 Å².